The molecular formula is C15H24O2. The highest BCUT2D eigenvalue weighted by Crippen LogP contribution is 2.65. The lowest BCUT2D eigenvalue weighted by Gasteiger charge is -2.34. The van der Waals surface area contributed by atoms with Gasteiger partial charge in [-0.1, -0.05) is 26.7 Å². The van der Waals surface area contributed by atoms with E-state index in [0.717, 1.165) is 36.0 Å². The predicted octanol–water partition coefficient (Wildman–Crippen LogP) is 3.42. The number of rotatable bonds is 3. The topological polar surface area (TPSA) is 37.3 Å². The van der Waals surface area contributed by atoms with Gasteiger partial charge in [0.05, 0.1) is 5.92 Å². The van der Waals surface area contributed by atoms with Crippen LogP contribution in [-0.2, 0) is 4.79 Å². The van der Waals surface area contributed by atoms with Crippen molar-refractivity contribution in [1.29, 1.82) is 0 Å². The first kappa shape index (κ1) is 11.6. The summed E-state index contributed by atoms with van der Waals surface area (Å²) in [7, 11) is 0. The van der Waals surface area contributed by atoms with Crippen LogP contribution in [0.25, 0.3) is 0 Å². The number of carboxylic acid groups (broad SMARTS) is 1. The molecule has 0 aromatic carbocycles. The van der Waals surface area contributed by atoms with Crippen LogP contribution in [0, 0.1) is 41.4 Å². The van der Waals surface area contributed by atoms with Gasteiger partial charge in [0.25, 0.3) is 0 Å². The summed E-state index contributed by atoms with van der Waals surface area (Å²) >= 11 is 0. The summed E-state index contributed by atoms with van der Waals surface area (Å²) in [5.74, 6) is 4.08. The number of aliphatic carboxylic acids is 1. The minimum Gasteiger partial charge on any atom is -0.481 e. The van der Waals surface area contributed by atoms with E-state index in [2.05, 4.69) is 13.8 Å². The molecule has 3 aliphatic carbocycles. The van der Waals surface area contributed by atoms with Crippen LogP contribution >= 0.6 is 0 Å². The first-order valence-electron chi connectivity index (χ1n) is 7.40. The summed E-state index contributed by atoms with van der Waals surface area (Å²) in [6, 6.07) is 0. The van der Waals surface area contributed by atoms with Crippen molar-refractivity contribution in [1.82, 2.24) is 0 Å². The van der Waals surface area contributed by atoms with Crippen LogP contribution < -0.4 is 0 Å². The van der Waals surface area contributed by atoms with Gasteiger partial charge in [-0.15, -0.1) is 0 Å². The number of hydrogen-bond donors (Lipinski definition) is 1. The van der Waals surface area contributed by atoms with Gasteiger partial charge >= 0.3 is 5.97 Å². The normalized spacial score (nSPS) is 51.8. The Morgan fingerprint density at radius 2 is 1.71 bits per heavy atom. The summed E-state index contributed by atoms with van der Waals surface area (Å²) in [6.45, 7) is 4.61. The first-order valence-corrected chi connectivity index (χ1v) is 7.40. The Balaban J connectivity index is 1.86. The van der Waals surface area contributed by atoms with Crippen LogP contribution in [0.1, 0.15) is 46.0 Å². The number of carbonyl (C=O) groups is 1. The zero-order chi connectivity index (χ0) is 12.2. The summed E-state index contributed by atoms with van der Waals surface area (Å²) in [5, 5.41) is 9.34. The van der Waals surface area contributed by atoms with Gasteiger partial charge in [0.15, 0.2) is 0 Å². The van der Waals surface area contributed by atoms with Crippen LogP contribution in [0.5, 0.6) is 0 Å². The fraction of sp³-hybridized carbons (Fsp3) is 0.933. The molecule has 2 nitrogen and oxygen atoms in total. The van der Waals surface area contributed by atoms with E-state index < -0.39 is 5.97 Å². The van der Waals surface area contributed by atoms with Gasteiger partial charge in [-0.3, -0.25) is 4.79 Å². The van der Waals surface area contributed by atoms with Gasteiger partial charge in [0, 0.05) is 0 Å². The van der Waals surface area contributed by atoms with Crippen molar-refractivity contribution >= 4 is 5.97 Å². The maximum absolute atomic E-state index is 11.3. The summed E-state index contributed by atoms with van der Waals surface area (Å²) in [5.41, 5.74) is 0. The minimum absolute atomic E-state index is 0.00842. The van der Waals surface area contributed by atoms with Crippen LogP contribution in [-0.4, -0.2) is 11.1 Å². The minimum atomic E-state index is -0.522. The standard InChI is InChI=1S/C15H24O2/c1-3-8-5-9(4-2)14-11-6-10(13(8)14)7-12(11)15(16)17/h8-14H,3-7H2,1-2H3,(H,16,17). The molecule has 0 aromatic rings. The van der Waals surface area contributed by atoms with Crippen LogP contribution in [0.3, 0.4) is 0 Å². The maximum atomic E-state index is 11.3. The second-order valence-electron chi connectivity index (χ2n) is 6.57. The monoisotopic (exact) mass is 236 g/mol. The summed E-state index contributed by atoms with van der Waals surface area (Å²) in [4.78, 5) is 11.3. The molecule has 17 heavy (non-hydrogen) atoms. The molecule has 0 radical (unpaired) electrons. The fourth-order valence-corrected chi connectivity index (χ4v) is 5.68. The third-order valence-corrected chi connectivity index (χ3v) is 6.19. The van der Waals surface area contributed by atoms with Crippen LogP contribution in [0.2, 0.25) is 0 Å². The van der Waals surface area contributed by atoms with Gasteiger partial charge in [-0.25, -0.2) is 0 Å². The second kappa shape index (κ2) is 4.00. The third kappa shape index (κ3) is 1.49. The Labute approximate surface area is 104 Å². The van der Waals surface area contributed by atoms with E-state index in [9.17, 15) is 9.90 Å². The summed E-state index contributed by atoms with van der Waals surface area (Å²) < 4.78 is 0. The van der Waals surface area contributed by atoms with Crippen molar-refractivity contribution < 1.29 is 9.90 Å². The number of hydrogen-bond acceptors (Lipinski definition) is 1. The van der Waals surface area contributed by atoms with E-state index in [4.69, 9.17) is 0 Å². The SMILES string of the molecule is CCC1CC(CC)C2C3CC(CC3C(=O)O)C12. The lowest BCUT2D eigenvalue weighted by molar-refractivity contribution is -0.145. The molecule has 0 aliphatic heterocycles. The fourth-order valence-electron chi connectivity index (χ4n) is 5.68. The molecule has 0 amide bonds. The molecule has 0 spiro atoms. The largest absolute Gasteiger partial charge is 0.481 e. The van der Waals surface area contributed by atoms with Crippen molar-refractivity contribution in [2.75, 3.05) is 0 Å². The van der Waals surface area contributed by atoms with Crippen molar-refractivity contribution in [2.45, 2.75) is 46.0 Å². The van der Waals surface area contributed by atoms with E-state index in [1.165, 1.54) is 25.7 Å². The lowest BCUT2D eigenvalue weighted by Crippen LogP contribution is -2.33. The molecule has 7 atom stereocenters. The molecule has 96 valence electrons. The van der Waals surface area contributed by atoms with Crippen molar-refractivity contribution in [3.8, 4) is 0 Å². The van der Waals surface area contributed by atoms with Crippen molar-refractivity contribution in [3.05, 3.63) is 0 Å². The zero-order valence-corrected chi connectivity index (χ0v) is 10.9. The molecule has 2 heteroatoms. The van der Waals surface area contributed by atoms with E-state index in [1.807, 2.05) is 0 Å². The molecule has 1 N–H and O–H groups in total. The van der Waals surface area contributed by atoms with Gasteiger partial charge in [0.2, 0.25) is 0 Å². The zero-order valence-electron chi connectivity index (χ0n) is 10.9. The third-order valence-electron chi connectivity index (χ3n) is 6.19. The summed E-state index contributed by atoms with van der Waals surface area (Å²) in [6.07, 6.45) is 6.14. The lowest BCUT2D eigenvalue weighted by atomic mass is 9.70. The molecule has 0 saturated heterocycles. The molecule has 3 fully saturated rings. The molecule has 0 aromatic heterocycles. The second-order valence-corrected chi connectivity index (χ2v) is 6.57. The molecule has 3 aliphatic rings. The van der Waals surface area contributed by atoms with Crippen LogP contribution in [0.4, 0.5) is 0 Å². The van der Waals surface area contributed by atoms with Gasteiger partial charge in [-0.2, -0.15) is 0 Å². The molecule has 3 saturated carbocycles. The Morgan fingerprint density at radius 3 is 2.29 bits per heavy atom. The van der Waals surface area contributed by atoms with Gasteiger partial charge < -0.3 is 5.11 Å². The van der Waals surface area contributed by atoms with Crippen LogP contribution in [0.15, 0.2) is 0 Å². The molecule has 7 unspecified atom stereocenters. The Morgan fingerprint density at radius 1 is 1.06 bits per heavy atom. The quantitative estimate of drug-likeness (QED) is 0.815. The maximum Gasteiger partial charge on any atom is 0.306 e. The van der Waals surface area contributed by atoms with E-state index in [1.54, 1.807) is 0 Å². The van der Waals surface area contributed by atoms with Crippen molar-refractivity contribution in [3.63, 3.8) is 0 Å². The highest BCUT2D eigenvalue weighted by atomic mass is 16.4. The molecule has 0 heterocycles. The average molecular weight is 236 g/mol. The number of carboxylic acids is 1. The van der Waals surface area contributed by atoms with E-state index in [-0.39, 0.29) is 5.92 Å². The Kier molecular flexibility index (Phi) is 2.72. The average Bonchev–Trinajstić information content (AvgIpc) is 2.98. The van der Waals surface area contributed by atoms with Gasteiger partial charge in [-0.05, 0) is 54.8 Å². The number of fused-ring (bicyclic) bond motifs is 5. The smallest absolute Gasteiger partial charge is 0.306 e. The van der Waals surface area contributed by atoms with Crippen molar-refractivity contribution in [2.24, 2.45) is 41.4 Å². The first-order chi connectivity index (χ1) is 8.17. The highest BCUT2D eigenvalue weighted by Gasteiger charge is 2.60. The highest BCUT2D eigenvalue weighted by molar-refractivity contribution is 5.71. The van der Waals surface area contributed by atoms with E-state index in [0.29, 0.717) is 5.92 Å². The molecule has 3 rings (SSSR count). The molecular weight excluding hydrogens is 212 g/mol. The van der Waals surface area contributed by atoms with E-state index >= 15 is 0 Å². The molecule has 2 bridgehead atoms. The Hall–Kier alpha value is -0.530. The Bertz CT molecular complexity index is 325. The predicted molar refractivity (Wildman–Crippen MR) is 66.5 cm³/mol. The van der Waals surface area contributed by atoms with Gasteiger partial charge in [0.1, 0.15) is 0 Å².